The van der Waals surface area contributed by atoms with Gasteiger partial charge in [-0.05, 0) is 6.07 Å². The second-order valence-electron chi connectivity index (χ2n) is 3.31. The third kappa shape index (κ3) is 1.20. The van der Waals surface area contributed by atoms with E-state index in [1.807, 2.05) is 12.1 Å². The Labute approximate surface area is 77.1 Å². The van der Waals surface area contributed by atoms with Gasteiger partial charge >= 0.3 is 0 Å². The van der Waals surface area contributed by atoms with Crippen molar-refractivity contribution in [3.63, 3.8) is 0 Å². The van der Waals surface area contributed by atoms with Crippen molar-refractivity contribution in [2.24, 2.45) is 5.73 Å². The summed E-state index contributed by atoms with van der Waals surface area (Å²) in [5, 5.41) is 9.61. The van der Waals surface area contributed by atoms with Crippen LogP contribution in [0, 0.1) is 0 Å². The zero-order chi connectivity index (χ0) is 9.31. The second kappa shape index (κ2) is 3.01. The van der Waals surface area contributed by atoms with Crippen molar-refractivity contribution in [1.82, 2.24) is 0 Å². The van der Waals surface area contributed by atoms with Gasteiger partial charge in [0.2, 0.25) is 0 Å². The number of aromatic hydroxyl groups is 1. The minimum atomic E-state index is -0.425. The van der Waals surface area contributed by atoms with Crippen molar-refractivity contribution in [3.8, 4) is 5.75 Å². The molecule has 0 amide bonds. The number of phenolic OH excluding ortho intramolecular Hbond substituents is 1. The molecule has 1 saturated heterocycles. The Morgan fingerprint density at radius 3 is 2.62 bits per heavy atom. The van der Waals surface area contributed by atoms with E-state index < -0.39 is 5.60 Å². The summed E-state index contributed by atoms with van der Waals surface area (Å²) in [6.45, 7) is 1.15. The topological polar surface area (TPSA) is 55.5 Å². The summed E-state index contributed by atoms with van der Waals surface area (Å²) in [4.78, 5) is 0. The molecule has 1 atom stereocenters. The van der Waals surface area contributed by atoms with E-state index >= 15 is 0 Å². The lowest BCUT2D eigenvalue weighted by Gasteiger charge is -2.41. The molecule has 0 saturated carbocycles. The predicted molar refractivity (Wildman–Crippen MR) is 49.4 cm³/mol. The van der Waals surface area contributed by atoms with Crippen molar-refractivity contribution >= 4 is 0 Å². The average molecular weight is 179 g/mol. The van der Waals surface area contributed by atoms with Crippen LogP contribution in [0.5, 0.6) is 5.75 Å². The van der Waals surface area contributed by atoms with Gasteiger partial charge in [0.15, 0.2) is 0 Å². The summed E-state index contributed by atoms with van der Waals surface area (Å²) in [6, 6.07) is 7.20. The molecular weight excluding hydrogens is 166 g/mol. The van der Waals surface area contributed by atoms with E-state index in [-0.39, 0.29) is 5.75 Å². The summed E-state index contributed by atoms with van der Waals surface area (Å²) in [7, 11) is 0. The minimum absolute atomic E-state index is 0.271. The van der Waals surface area contributed by atoms with E-state index in [0.29, 0.717) is 6.54 Å². The van der Waals surface area contributed by atoms with Gasteiger partial charge in [-0.1, -0.05) is 18.2 Å². The van der Waals surface area contributed by atoms with Crippen LogP contribution in [0.4, 0.5) is 0 Å². The van der Waals surface area contributed by atoms with Gasteiger partial charge in [-0.3, -0.25) is 0 Å². The number of para-hydroxylation sites is 1. The van der Waals surface area contributed by atoms with Crippen LogP contribution in [-0.2, 0) is 10.3 Å². The van der Waals surface area contributed by atoms with Crippen LogP contribution in [0.2, 0.25) is 0 Å². The molecular formula is C10H13NO2. The zero-order valence-corrected chi connectivity index (χ0v) is 7.36. The summed E-state index contributed by atoms with van der Waals surface area (Å²) in [5.41, 5.74) is 6.02. The SMILES string of the molecule is NCC1(c2ccccc2O)CCO1. The highest BCUT2D eigenvalue weighted by molar-refractivity contribution is 5.38. The fourth-order valence-electron chi connectivity index (χ4n) is 1.69. The molecule has 0 spiro atoms. The van der Waals surface area contributed by atoms with Gasteiger partial charge in [0.25, 0.3) is 0 Å². The highest BCUT2D eigenvalue weighted by Crippen LogP contribution is 2.40. The molecule has 1 unspecified atom stereocenters. The van der Waals surface area contributed by atoms with E-state index in [4.69, 9.17) is 10.5 Å². The van der Waals surface area contributed by atoms with Crippen LogP contribution in [0.25, 0.3) is 0 Å². The number of ether oxygens (including phenoxy) is 1. The van der Waals surface area contributed by atoms with Crippen molar-refractivity contribution in [1.29, 1.82) is 0 Å². The quantitative estimate of drug-likeness (QED) is 0.711. The Kier molecular flexibility index (Phi) is 1.98. The van der Waals surface area contributed by atoms with Crippen LogP contribution >= 0.6 is 0 Å². The molecule has 0 aromatic heterocycles. The molecule has 1 aliphatic heterocycles. The predicted octanol–water partition coefficient (Wildman–Crippen LogP) is 0.967. The first-order valence-electron chi connectivity index (χ1n) is 4.41. The molecule has 3 heteroatoms. The van der Waals surface area contributed by atoms with Crippen molar-refractivity contribution < 1.29 is 9.84 Å². The van der Waals surface area contributed by atoms with E-state index in [0.717, 1.165) is 18.6 Å². The van der Waals surface area contributed by atoms with Crippen LogP contribution in [0.1, 0.15) is 12.0 Å². The Bertz CT molecular complexity index is 302. The monoisotopic (exact) mass is 179 g/mol. The molecule has 70 valence electrons. The third-order valence-electron chi connectivity index (χ3n) is 2.61. The first-order valence-corrected chi connectivity index (χ1v) is 4.41. The largest absolute Gasteiger partial charge is 0.508 e. The van der Waals surface area contributed by atoms with Crippen LogP contribution in [0.3, 0.4) is 0 Å². The maximum Gasteiger partial charge on any atom is 0.121 e. The average Bonchev–Trinajstić information content (AvgIpc) is 2.07. The van der Waals surface area contributed by atoms with Gasteiger partial charge in [-0.15, -0.1) is 0 Å². The molecule has 1 heterocycles. The maximum atomic E-state index is 9.61. The van der Waals surface area contributed by atoms with Crippen molar-refractivity contribution in [3.05, 3.63) is 29.8 Å². The van der Waals surface area contributed by atoms with Crippen LogP contribution in [0.15, 0.2) is 24.3 Å². The maximum absolute atomic E-state index is 9.61. The van der Waals surface area contributed by atoms with E-state index in [2.05, 4.69) is 0 Å². The summed E-state index contributed by atoms with van der Waals surface area (Å²) < 4.78 is 5.45. The number of hydrogen-bond donors (Lipinski definition) is 2. The first kappa shape index (κ1) is 8.53. The fourth-order valence-corrected chi connectivity index (χ4v) is 1.69. The van der Waals surface area contributed by atoms with Gasteiger partial charge in [0.05, 0.1) is 6.61 Å². The minimum Gasteiger partial charge on any atom is -0.508 e. The Hall–Kier alpha value is -1.06. The number of nitrogens with two attached hydrogens (primary N) is 1. The van der Waals surface area contributed by atoms with Gasteiger partial charge < -0.3 is 15.6 Å². The number of hydrogen-bond acceptors (Lipinski definition) is 3. The van der Waals surface area contributed by atoms with E-state index in [9.17, 15) is 5.11 Å². The molecule has 1 aromatic carbocycles. The first-order chi connectivity index (χ1) is 6.28. The molecule has 1 aliphatic rings. The number of phenols is 1. The van der Waals surface area contributed by atoms with Crippen molar-refractivity contribution in [2.45, 2.75) is 12.0 Å². The van der Waals surface area contributed by atoms with Gasteiger partial charge in [-0.25, -0.2) is 0 Å². The van der Waals surface area contributed by atoms with E-state index in [1.54, 1.807) is 12.1 Å². The molecule has 1 aromatic rings. The molecule has 2 rings (SSSR count). The molecule has 3 N–H and O–H groups in total. The normalized spacial score (nSPS) is 26.8. The molecule has 0 aliphatic carbocycles. The highest BCUT2D eigenvalue weighted by atomic mass is 16.5. The lowest BCUT2D eigenvalue weighted by atomic mass is 9.86. The Morgan fingerprint density at radius 1 is 1.46 bits per heavy atom. The highest BCUT2D eigenvalue weighted by Gasteiger charge is 2.40. The second-order valence-corrected chi connectivity index (χ2v) is 3.31. The Morgan fingerprint density at radius 2 is 2.15 bits per heavy atom. The zero-order valence-electron chi connectivity index (χ0n) is 7.36. The summed E-state index contributed by atoms with van der Waals surface area (Å²) in [6.07, 6.45) is 0.890. The van der Waals surface area contributed by atoms with E-state index in [1.165, 1.54) is 0 Å². The standard InChI is InChI=1S/C10H13NO2/c11-7-10(5-6-13-10)8-3-1-2-4-9(8)12/h1-4,12H,5-7,11H2. The van der Waals surface area contributed by atoms with Gasteiger partial charge in [0.1, 0.15) is 11.4 Å². The number of benzene rings is 1. The number of rotatable bonds is 2. The van der Waals surface area contributed by atoms with Crippen LogP contribution < -0.4 is 5.73 Å². The van der Waals surface area contributed by atoms with Gasteiger partial charge in [0, 0.05) is 18.5 Å². The fraction of sp³-hybridized carbons (Fsp3) is 0.400. The molecule has 0 radical (unpaired) electrons. The summed E-state index contributed by atoms with van der Waals surface area (Å²) in [5.74, 6) is 0.271. The Balaban J connectivity index is 2.38. The van der Waals surface area contributed by atoms with Crippen LogP contribution in [-0.4, -0.2) is 18.3 Å². The third-order valence-corrected chi connectivity index (χ3v) is 2.61. The molecule has 3 nitrogen and oxygen atoms in total. The molecule has 0 bridgehead atoms. The van der Waals surface area contributed by atoms with Crippen molar-refractivity contribution in [2.75, 3.05) is 13.2 Å². The van der Waals surface area contributed by atoms with Gasteiger partial charge in [-0.2, -0.15) is 0 Å². The molecule has 13 heavy (non-hydrogen) atoms. The lowest BCUT2D eigenvalue weighted by Crippen LogP contribution is -2.47. The smallest absolute Gasteiger partial charge is 0.121 e. The summed E-state index contributed by atoms with van der Waals surface area (Å²) >= 11 is 0. The lowest BCUT2D eigenvalue weighted by molar-refractivity contribution is -0.147. The molecule has 1 fully saturated rings.